The van der Waals surface area contributed by atoms with Gasteiger partial charge < -0.3 is 0 Å². The molecule has 0 saturated carbocycles. The van der Waals surface area contributed by atoms with E-state index >= 15 is 0 Å². The van der Waals surface area contributed by atoms with Crippen molar-refractivity contribution in [2.75, 3.05) is 0 Å². The van der Waals surface area contributed by atoms with Crippen molar-refractivity contribution in [2.24, 2.45) is 0 Å². The van der Waals surface area contributed by atoms with Gasteiger partial charge in [0.1, 0.15) is 0 Å². The Labute approximate surface area is 277 Å². The Bertz CT molecular complexity index is 2150. The normalized spacial score (nSPS) is 14.5. The molecule has 0 aromatic heterocycles. The van der Waals surface area contributed by atoms with Crippen molar-refractivity contribution >= 4 is 64.6 Å². The summed E-state index contributed by atoms with van der Waals surface area (Å²) in [6, 6.07) is 15.6. The van der Waals surface area contributed by atoms with Gasteiger partial charge >= 0.3 is 0 Å². The molecule has 46 heavy (non-hydrogen) atoms. The summed E-state index contributed by atoms with van der Waals surface area (Å²) in [5, 5.41) is 17.8. The molecule has 0 N–H and O–H groups in total. The highest BCUT2D eigenvalue weighted by atomic mass is 14.4. The molecule has 0 aliphatic heterocycles. The lowest BCUT2D eigenvalue weighted by molar-refractivity contribution is 0.581. The van der Waals surface area contributed by atoms with Crippen molar-refractivity contribution in [2.45, 2.75) is 144 Å². The van der Waals surface area contributed by atoms with Crippen LogP contribution < -0.4 is 0 Å². The molecule has 0 spiro atoms. The lowest BCUT2D eigenvalue weighted by Crippen LogP contribution is -2.19. The Balaban J connectivity index is 2.01. The maximum atomic E-state index is 2.62. The van der Waals surface area contributed by atoms with Gasteiger partial charge in [-0.05, 0) is 156 Å². The zero-order valence-corrected chi connectivity index (χ0v) is 31.6. The van der Waals surface area contributed by atoms with E-state index in [1.807, 2.05) is 0 Å². The van der Waals surface area contributed by atoms with Crippen molar-refractivity contribution in [1.82, 2.24) is 0 Å². The molecule has 0 nitrogen and oxygen atoms in total. The summed E-state index contributed by atoms with van der Waals surface area (Å²) in [4.78, 5) is 0. The summed E-state index contributed by atoms with van der Waals surface area (Å²) < 4.78 is 0. The standard InChI is InChI=1S/C46H56/c1-23(2)27-17-25-19-31(43(5,6)7)39-32(44(8,9)10)20-26-18-28(24(3)4)30-22-34(46(14,15)16)40-33(45(11,12)13)21-29(27)37-35(25)41(39)36(26)38(30)42(37)40/h17-24H,1-16H3. The first-order chi connectivity index (χ1) is 21.0. The summed E-state index contributed by atoms with van der Waals surface area (Å²) in [6.45, 7) is 38.6. The van der Waals surface area contributed by atoms with Crippen molar-refractivity contribution in [3.63, 3.8) is 0 Å². The maximum Gasteiger partial charge on any atom is -0.000770 e. The molecule has 0 bridgehead atoms. The fraction of sp³-hybridized carbons (Fsp3) is 0.478. The minimum absolute atomic E-state index is 0.00162. The largest absolute Gasteiger partial charge is 0.0587 e. The molecule has 0 radical (unpaired) electrons. The van der Waals surface area contributed by atoms with Crippen LogP contribution in [0.2, 0.25) is 0 Å². The fourth-order valence-corrected chi connectivity index (χ4v) is 8.87. The van der Waals surface area contributed by atoms with E-state index in [1.54, 1.807) is 0 Å². The number of hydrogen-bond acceptors (Lipinski definition) is 0. The van der Waals surface area contributed by atoms with Gasteiger partial charge in [-0.15, -0.1) is 0 Å². The molecule has 0 atom stereocenters. The van der Waals surface area contributed by atoms with E-state index in [0.29, 0.717) is 11.8 Å². The molecule has 7 aromatic rings. The third kappa shape index (κ3) is 4.17. The second-order valence-electron chi connectivity index (χ2n) is 19.5. The van der Waals surface area contributed by atoms with Crippen molar-refractivity contribution in [3.8, 4) is 0 Å². The van der Waals surface area contributed by atoms with Crippen molar-refractivity contribution in [1.29, 1.82) is 0 Å². The van der Waals surface area contributed by atoms with Crippen LogP contribution in [0.3, 0.4) is 0 Å². The third-order valence-electron chi connectivity index (χ3n) is 11.1. The Kier molecular flexibility index (Phi) is 6.35. The van der Waals surface area contributed by atoms with Gasteiger partial charge in [0, 0.05) is 0 Å². The molecular weight excluding hydrogens is 553 g/mol. The molecule has 0 aliphatic rings. The predicted molar refractivity (Wildman–Crippen MR) is 208 cm³/mol. The summed E-state index contributed by atoms with van der Waals surface area (Å²) in [6.07, 6.45) is 0. The molecule has 0 unspecified atom stereocenters. The smallest absolute Gasteiger partial charge is 0.000770 e. The van der Waals surface area contributed by atoms with E-state index in [0.717, 1.165) is 0 Å². The summed E-state index contributed by atoms with van der Waals surface area (Å²) >= 11 is 0. The second kappa shape index (κ2) is 9.27. The van der Waals surface area contributed by atoms with Crippen LogP contribution >= 0.6 is 0 Å². The summed E-state index contributed by atoms with van der Waals surface area (Å²) in [5.74, 6) is 0.850. The molecule has 240 valence electrons. The first-order valence-corrected chi connectivity index (χ1v) is 17.9. The molecule has 0 heterocycles. The molecule has 0 heteroatoms. The van der Waals surface area contributed by atoms with Crippen LogP contribution in [0.15, 0.2) is 36.4 Å². The van der Waals surface area contributed by atoms with Gasteiger partial charge in [-0.25, -0.2) is 0 Å². The first kappa shape index (κ1) is 31.5. The lowest BCUT2D eigenvalue weighted by atomic mass is 9.68. The monoisotopic (exact) mass is 608 g/mol. The molecular formula is C46H56. The highest BCUT2D eigenvalue weighted by Gasteiger charge is 2.34. The van der Waals surface area contributed by atoms with Gasteiger partial charge in [0.2, 0.25) is 0 Å². The van der Waals surface area contributed by atoms with Crippen LogP contribution in [0, 0.1) is 0 Å². The van der Waals surface area contributed by atoms with Crippen molar-refractivity contribution < 1.29 is 0 Å². The van der Waals surface area contributed by atoms with Crippen LogP contribution in [-0.2, 0) is 21.7 Å². The van der Waals surface area contributed by atoms with Gasteiger partial charge in [0.05, 0.1) is 0 Å². The van der Waals surface area contributed by atoms with Gasteiger partial charge in [-0.2, -0.15) is 0 Å². The molecule has 0 fully saturated rings. The predicted octanol–water partition coefficient (Wildman–Crippen LogP) is 14.4. The minimum atomic E-state index is 0.00162. The highest BCUT2D eigenvalue weighted by Crippen LogP contribution is 2.57. The van der Waals surface area contributed by atoms with Crippen LogP contribution in [0.1, 0.15) is 156 Å². The fourth-order valence-electron chi connectivity index (χ4n) is 8.87. The van der Waals surface area contributed by atoms with E-state index < -0.39 is 0 Å². The zero-order valence-electron chi connectivity index (χ0n) is 31.6. The Morgan fingerprint density at radius 3 is 0.891 bits per heavy atom. The number of rotatable bonds is 2. The van der Waals surface area contributed by atoms with Crippen LogP contribution in [0.25, 0.3) is 64.6 Å². The molecule has 7 rings (SSSR count). The first-order valence-electron chi connectivity index (χ1n) is 17.9. The average molecular weight is 609 g/mol. The van der Waals surface area contributed by atoms with Crippen LogP contribution in [0.5, 0.6) is 0 Å². The van der Waals surface area contributed by atoms with E-state index in [-0.39, 0.29) is 21.7 Å². The quantitative estimate of drug-likeness (QED) is 0.135. The van der Waals surface area contributed by atoms with E-state index in [4.69, 9.17) is 0 Å². The molecule has 0 amide bonds. The Morgan fingerprint density at radius 2 is 0.609 bits per heavy atom. The minimum Gasteiger partial charge on any atom is -0.0587 e. The SMILES string of the molecule is CC(C)c1cc2cc(C(C)(C)C)c3c(C(C)(C)C)cc4cc(C(C)C)c5cc(C(C)(C)C)c6c(C(C)(C)C)cc1c1c2c3c4c5c61. The summed E-state index contributed by atoms with van der Waals surface area (Å²) in [5.41, 5.74) is 8.92. The molecule has 7 aromatic carbocycles. The van der Waals surface area contributed by atoms with E-state index in [2.05, 4.69) is 147 Å². The van der Waals surface area contributed by atoms with Gasteiger partial charge in [0.25, 0.3) is 0 Å². The number of hydrogen-bond donors (Lipinski definition) is 0. The van der Waals surface area contributed by atoms with Crippen LogP contribution in [0.4, 0.5) is 0 Å². The molecule has 0 aliphatic carbocycles. The second-order valence-corrected chi connectivity index (χ2v) is 19.5. The highest BCUT2D eigenvalue weighted by molar-refractivity contribution is 6.46. The van der Waals surface area contributed by atoms with E-state index in [9.17, 15) is 0 Å². The van der Waals surface area contributed by atoms with Gasteiger partial charge in [0.15, 0.2) is 0 Å². The molecule has 0 saturated heterocycles. The Hall–Kier alpha value is -3.12. The topological polar surface area (TPSA) is 0 Å². The van der Waals surface area contributed by atoms with Gasteiger partial charge in [-0.3, -0.25) is 0 Å². The van der Waals surface area contributed by atoms with Gasteiger partial charge in [-0.1, -0.05) is 123 Å². The van der Waals surface area contributed by atoms with E-state index in [1.165, 1.54) is 98.0 Å². The zero-order chi connectivity index (χ0) is 33.8. The van der Waals surface area contributed by atoms with Crippen molar-refractivity contribution in [3.05, 3.63) is 69.8 Å². The van der Waals surface area contributed by atoms with Crippen LogP contribution in [-0.4, -0.2) is 0 Å². The summed E-state index contributed by atoms with van der Waals surface area (Å²) in [7, 11) is 0. The maximum absolute atomic E-state index is 2.62. The third-order valence-corrected chi connectivity index (χ3v) is 11.1. The number of benzene rings is 7. The Morgan fingerprint density at radius 1 is 0.326 bits per heavy atom. The lowest BCUT2D eigenvalue weighted by Gasteiger charge is -2.35. The average Bonchev–Trinajstić information content (AvgIpc) is 2.91.